The Morgan fingerprint density at radius 2 is 1.91 bits per heavy atom. The van der Waals surface area contributed by atoms with Gasteiger partial charge in [-0.2, -0.15) is 0 Å². The van der Waals surface area contributed by atoms with E-state index in [1.807, 2.05) is 0 Å². The van der Waals surface area contributed by atoms with Crippen LogP contribution in [0.2, 0.25) is 0 Å². The molecular formula is C15H21FN2O4. The lowest BCUT2D eigenvalue weighted by Crippen LogP contribution is -2.34. The molecule has 1 N–H and O–H groups in total. The van der Waals surface area contributed by atoms with E-state index in [1.165, 1.54) is 25.3 Å². The Morgan fingerprint density at radius 3 is 2.59 bits per heavy atom. The first-order valence-electron chi connectivity index (χ1n) is 6.90. The quantitative estimate of drug-likeness (QED) is 0.450. The first-order valence-corrected chi connectivity index (χ1v) is 6.90. The number of methoxy groups -OCH3 is 2. The molecule has 0 spiro atoms. The fraction of sp³-hybridized carbons (Fsp3) is 0.467. The molecule has 0 aliphatic rings. The van der Waals surface area contributed by atoms with Crippen LogP contribution in [0.15, 0.2) is 29.3 Å². The van der Waals surface area contributed by atoms with Gasteiger partial charge in [0.05, 0.1) is 12.2 Å². The average Bonchev–Trinajstić information content (AvgIpc) is 2.51. The van der Waals surface area contributed by atoms with E-state index in [0.717, 1.165) is 0 Å². The monoisotopic (exact) mass is 312 g/mol. The number of carbonyl (C=O) groups excluding carboxylic acids is 1. The van der Waals surface area contributed by atoms with Gasteiger partial charge in [-0.25, -0.2) is 9.38 Å². The van der Waals surface area contributed by atoms with Crippen molar-refractivity contribution in [3.63, 3.8) is 0 Å². The lowest BCUT2D eigenvalue weighted by atomic mass is 10.2. The topological polar surface area (TPSA) is 69.2 Å². The fourth-order valence-electron chi connectivity index (χ4n) is 1.54. The second kappa shape index (κ2) is 10.7. The maximum Gasteiger partial charge on any atom is 0.291 e. The first kappa shape index (κ1) is 18.1. The minimum Gasteiger partial charge on any atom is -0.463 e. The predicted octanol–water partition coefficient (Wildman–Crippen LogP) is 1.61. The lowest BCUT2D eigenvalue weighted by Gasteiger charge is -2.11. The third-order valence-electron chi connectivity index (χ3n) is 2.63. The Hall–Kier alpha value is -1.99. The Kier molecular flexibility index (Phi) is 8.78. The number of hydrogen-bond acceptors (Lipinski definition) is 5. The van der Waals surface area contributed by atoms with Gasteiger partial charge in [0.1, 0.15) is 12.4 Å². The molecule has 0 unspecified atom stereocenters. The van der Waals surface area contributed by atoms with Gasteiger partial charge < -0.3 is 14.2 Å². The lowest BCUT2D eigenvalue weighted by molar-refractivity contribution is 0.0950. The van der Waals surface area contributed by atoms with Crippen molar-refractivity contribution in [1.82, 2.24) is 5.32 Å². The van der Waals surface area contributed by atoms with Crippen LogP contribution in [0.1, 0.15) is 16.8 Å². The summed E-state index contributed by atoms with van der Waals surface area (Å²) < 4.78 is 28.7. The van der Waals surface area contributed by atoms with Crippen LogP contribution in [0.3, 0.4) is 0 Å². The molecule has 0 aliphatic heterocycles. The SMILES string of the molecule is COCCCN=C(NC(=O)c1ccccc1F)OCCOC. The molecule has 0 aliphatic carbocycles. The smallest absolute Gasteiger partial charge is 0.291 e. The van der Waals surface area contributed by atoms with E-state index in [0.29, 0.717) is 26.2 Å². The van der Waals surface area contributed by atoms with Crippen molar-refractivity contribution in [1.29, 1.82) is 0 Å². The van der Waals surface area contributed by atoms with Crippen molar-refractivity contribution in [3.8, 4) is 0 Å². The van der Waals surface area contributed by atoms with E-state index in [1.54, 1.807) is 13.2 Å². The molecule has 0 radical (unpaired) electrons. The van der Waals surface area contributed by atoms with E-state index >= 15 is 0 Å². The predicted molar refractivity (Wildman–Crippen MR) is 80.5 cm³/mol. The molecule has 7 heteroatoms. The number of nitrogens with one attached hydrogen (secondary N) is 1. The van der Waals surface area contributed by atoms with Crippen LogP contribution in [0, 0.1) is 5.82 Å². The summed E-state index contributed by atoms with van der Waals surface area (Å²) in [6.45, 7) is 1.56. The minimum absolute atomic E-state index is 0.0430. The summed E-state index contributed by atoms with van der Waals surface area (Å²) >= 11 is 0. The Bertz CT molecular complexity index is 494. The van der Waals surface area contributed by atoms with Crippen molar-refractivity contribution >= 4 is 11.9 Å². The molecule has 0 atom stereocenters. The number of carbonyl (C=O) groups is 1. The molecule has 1 amide bonds. The van der Waals surface area contributed by atoms with Gasteiger partial charge in [-0.05, 0) is 18.6 Å². The molecular weight excluding hydrogens is 291 g/mol. The third kappa shape index (κ3) is 6.64. The number of amides is 1. The summed E-state index contributed by atoms with van der Waals surface area (Å²) in [5, 5.41) is 2.46. The molecule has 0 fully saturated rings. The average molecular weight is 312 g/mol. The molecule has 1 rings (SSSR count). The summed E-state index contributed by atoms with van der Waals surface area (Å²) in [5.41, 5.74) is -0.0672. The van der Waals surface area contributed by atoms with Gasteiger partial charge in [0, 0.05) is 27.4 Å². The largest absolute Gasteiger partial charge is 0.463 e. The standard InChI is InChI=1S/C15H21FN2O4/c1-20-9-5-8-17-15(22-11-10-21-2)18-14(19)12-6-3-4-7-13(12)16/h3-4,6-7H,5,8-11H2,1-2H3,(H,17,18,19). The van der Waals surface area contributed by atoms with Crippen molar-refractivity contribution in [3.05, 3.63) is 35.6 Å². The van der Waals surface area contributed by atoms with Crippen LogP contribution in [0.4, 0.5) is 4.39 Å². The summed E-state index contributed by atoms with van der Waals surface area (Å²) in [6.07, 6.45) is 0.684. The Balaban J connectivity index is 2.65. The highest BCUT2D eigenvalue weighted by Gasteiger charge is 2.13. The van der Waals surface area contributed by atoms with Crippen molar-refractivity contribution in [2.45, 2.75) is 6.42 Å². The van der Waals surface area contributed by atoms with Crippen LogP contribution in [0.25, 0.3) is 0 Å². The molecule has 1 aromatic carbocycles. The molecule has 122 valence electrons. The maximum absolute atomic E-state index is 13.6. The van der Waals surface area contributed by atoms with E-state index in [-0.39, 0.29) is 18.2 Å². The van der Waals surface area contributed by atoms with Crippen molar-refractivity contribution < 1.29 is 23.4 Å². The van der Waals surface area contributed by atoms with E-state index in [9.17, 15) is 9.18 Å². The van der Waals surface area contributed by atoms with Gasteiger partial charge in [-0.15, -0.1) is 0 Å². The zero-order valence-corrected chi connectivity index (χ0v) is 12.8. The second-order valence-electron chi connectivity index (χ2n) is 4.31. The van der Waals surface area contributed by atoms with Gasteiger partial charge in [-0.3, -0.25) is 10.1 Å². The van der Waals surface area contributed by atoms with Crippen LogP contribution in [-0.2, 0) is 14.2 Å². The summed E-state index contributed by atoms with van der Waals surface area (Å²) in [4.78, 5) is 16.2. The zero-order chi connectivity index (χ0) is 16.2. The van der Waals surface area contributed by atoms with Gasteiger partial charge in [0.15, 0.2) is 0 Å². The number of amidine groups is 1. The highest BCUT2D eigenvalue weighted by Crippen LogP contribution is 2.05. The summed E-state index contributed by atoms with van der Waals surface area (Å²) in [7, 11) is 3.14. The molecule has 0 bridgehead atoms. The van der Waals surface area contributed by atoms with Gasteiger partial charge >= 0.3 is 0 Å². The van der Waals surface area contributed by atoms with Gasteiger partial charge in [0.2, 0.25) is 0 Å². The third-order valence-corrected chi connectivity index (χ3v) is 2.63. The normalized spacial score (nSPS) is 11.3. The minimum atomic E-state index is -0.610. The Morgan fingerprint density at radius 1 is 1.18 bits per heavy atom. The van der Waals surface area contributed by atoms with Crippen LogP contribution in [-0.4, -0.2) is 52.5 Å². The summed E-state index contributed by atoms with van der Waals surface area (Å²) in [5.74, 6) is -1.21. The molecule has 0 aromatic heterocycles. The first-order chi connectivity index (χ1) is 10.7. The molecule has 0 heterocycles. The number of benzene rings is 1. The molecule has 0 saturated carbocycles. The number of nitrogens with zero attached hydrogens (tertiary/aromatic N) is 1. The van der Waals surface area contributed by atoms with Gasteiger partial charge in [-0.1, -0.05) is 12.1 Å². The second-order valence-corrected chi connectivity index (χ2v) is 4.31. The van der Waals surface area contributed by atoms with Crippen molar-refractivity contribution in [2.75, 3.05) is 40.6 Å². The number of halogens is 1. The van der Waals surface area contributed by atoms with Crippen LogP contribution < -0.4 is 5.32 Å². The van der Waals surface area contributed by atoms with E-state index in [4.69, 9.17) is 14.2 Å². The number of ether oxygens (including phenoxy) is 3. The van der Waals surface area contributed by atoms with Crippen LogP contribution in [0.5, 0.6) is 0 Å². The molecule has 22 heavy (non-hydrogen) atoms. The zero-order valence-electron chi connectivity index (χ0n) is 12.8. The number of hydrogen-bond donors (Lipinski definition) is 1. The maximum atomic E-state index is 13.6. The number of aliphatic imine (C=N–C) groups is 1. The Labute approximate surface area is 129 Å². The molecule has 1 aromatic rings. The summed E-state index contributed by atoms with van der Waals surface area (Å²) in [6, 6.07) is 5.75. The van der Waals surface area contributed by atoms with Crippen LogP contribution >= 0.6 is 0 Å². The van der Waals surface area contributed by atoms with Gasteiger partial charge in [0.25, 0.3) is 11.9 Å². The highest BCUT2D eigenvalue weighted by molar-refractivity contribution is 6.04. The number of rotatable bonds is 8. The molecule has 0 saturated heterocycles. The fourth-order valence-corrected chi connectivity index (χ4v) is 1.54. The molecule has 6 nitrogen and oxygen atoms in total. The van der Waals surface area contributed by atoms with Crippen molar-refractivity contribution in [2.24, 2.45) is 4.99 Å². The highest BCUT2D eigenvalue weighted by atomic mass is 19.1. The van der Waals surface area contributed by atoms with E-state index < -0.39 is 11.7 Å². The van der Waals surface area contributed by atoms with E-state index in [2.05, 4.69) is 10.3 Å².